The maximum absolute atomic E-state index is 14.1. The zero-order valence-electron chi connectivity index (χ0n) is 30.1. The maximum Gasteiger partial charge on any atom is 0.248 e. The second-order valence-electron chi connectivity index (χ2n) is 12.3. The van der Waals surface area contributed by atoms with E-state index in [1.807, 2.05) is 6.07 Å². The van der Waals surface area contributed by atoms with Gasteiger partial charge >= 0.3 is 0 Å². The Hall–Kier alpha value is -5.77. The highest BCUT2D eigenvalue weighted by molar-refractivity contribution is 5.96. The lowest BCUT2D eigenvalue weighted by Crippen LogP contribution is -2.55. The van der Waals surface area contributed by atoms with Gasteiger partial charge in [0.05, 0.1) is 19.2 Å². The van der Waals surface area contributed by atoms with Gasteiger partial charge in [0.25, 0.3) is 0 Å². The minimum absolute atomic E-state index is 0.00229. The largest absolute Gasteiger partial charge is 0.492 e. The van der Waals surface area contributed by atoms with Crippen molar-refractivity contribution in [3.8, 4) is 28.7 Å². The van der Waals surface area contributed by atoms with Crippen LogP contribution in [0.3, 0.4) is 0 Å². The highest BCUT2D eigenvalue weighted by Gasteiger charge is 2.34. The van der Waals surface area contributed by atoms with E-state index < -0.39 is 72.8 Å². The molecule has 1 heterocycles. The molecule has 0 radical (unpaired) electrons. The number of carbonyl (C=O) groups is 6. The lowest BCUT2D eigenvalue weighted by atomic mass is 9.93. The van der Waals surface area contributed by atoms with Crippen LogP contribution in [0.25, 0.3) is 11.1 Å². The Labute approximate surface area is 307 Å². The van der Waals surface area contributed by atoms with E-state index in [0.717, 1.165) is 9.80 Å². The first-order chi connectivity index (χ1) is 25.3. The normalized spacial score (nSPS) is 17.4. The van der Waals surface area contributed by atoms with Crippen molar-refractivity contribution in [1.82, 2.24) is 31.1 Å². The van der Waals surface area contributed by atoms with Crippen molar-refractivity contribution in [3.05, 3.63) is 47.5 Å². The molecule has 6 amide bonds. The summed E-state index contributed by atoms with van der Waals surface area (Å²) in [4.78, 5) is 81.1. The van der Waals surface area contributed by atoms with Crippen LogP contribution in [-0.2, 0) is 35.2 Å². The van der Waals surface area contributed by atoms with Gasteiger partial charge in [-0.2, -0.15) is 5.26 Å². The van der Waals surface area contributed by atoms with Gasteiger partial charge in [-0.25, -0.2) is 0 Å². The molecule has 4 bridgehead atoms. The predicted molar refractivity (Wildman–Crippen MR) is 191 cm³/mol. The van der Waals surface area contributed by atoms with E-state index in [-0.39, 0.29) is 39.3 Å². The van der Waals surface area contributed by atoms with Crippen molar-refractivity contribution in [2.45, 2.75) is 44.4 Å². The number of carbonyl (C=O) groups excluding carboxylic acids is 6. The molecule has 1 aliphatic heterocycles. The first-order valence-corrected chi connectivity index (χ1v) is 16.8. The van der Waals surface area contributed by atoms with Gasteiger partial charge in [-0.1, -0.05) is 12.1 Å². The third-order valence-electron chi connectivity index (χ3n) is 8.21. The molecule has 53 heavy (non-hydrogen) atoms. The standard InChI is InChI=1S/C35H47N9O9/c1-20-32(48)42-26(33(49)39-12-9-36)16-22-5-7-28(52-13-10-37)24(15-22)25-17-23(6-8-29(25)53-14-11-38)31(34(50)40-20)44(4)30(47)18-43(3)35(51)27(19-45)41-21(2)46/h5-8,15,17,20,26-27,31,45H,10-14,16,18-19,37-38H2,1-4H3,(H,39,49)(H,40,50)(H,41,46)(H,42,48)/t20-,26-,27-,31-/m0/s1. The number of hydrogen-bond acceptors (Lipinski definition) is 12. The molecule has 0 saturated heterocycles. The minimum Gasteiger partial charge on any atom is -0.492 e. The number of nitrogens with one attached hydrogen (secondary N) is 4. The molecule has 2 aromatic rings. The van der Waals surface area contributed by atoms with Gasteiger partial charge in [0.1, 0.15) is 55.4 Å². The van der Waals surface area contributed by atoms with Crippen LogP contribution in [0.15, 0.2) is 36.4 Å². The van der Waals surface area contributed by atoms with Crippen molar-refractivity contribution in [2.24, 2.45) is 11.5 Å². The zero-order valence-corrected chi connectivity index (χ0v) is 30.1. The lowest BCUT2D eigenvalue weighted by molar-refractivity contribution is -0.145. The number of nitriles is 1. The van der Waals surface area contributed by atoms with Crippen LogP contribution in [0, 0.1) is 11.3 Å². The van der Waals surface area contributed by atoms with Crippen molar-refractivity contribution in [2.75, 3.05) is 60.1 Å². The summed E-state index contributed by atoms with van der Waals surface area (Å²) < 4.78 is 12.0. The topological polar surface area (TPSA) is 272 Å². The smallest absolute Gasteiger partial charge is 0.248 e. The Balaban J connectivity index is 2.22. The molecule has 0 unspecified atom stereocenters. The summed E-state index contributed by atoms with van der Waals surface area (Å²) in [5, 5.41) is 28.8. The third kappa shape index (κ3) is 11.1. The van der Waals surface area contributed by atoms with E-state index in [2.05, 4.69) is 21.3 Å². The van der Waals surface area contributed by atoms with E-state index in [1.54, 1.807) is 36.4 Å². The molecule has 1 aliphatic rings. The van der Waals surface area contributed by atoms with Crippen LogP contribution in [-0.4, -0.2) is 129 Å². The molecular weight excluding hydrogens is 690 g/mol. The summed E-state index contributed by atoms with van der Waals surface area (Å²) in [6.07, 6.45) is -0.00229. The fourth-order valence-electron chi connectivity index (χ4n) is 5.57. The number of rotatable bonds is 14. The molecule has 9 N–H and O–H groups in total. The monoisotopic (exact) mass is 737 g/mol. The lowest BCUT2D eigenvalue weighted by Gasteiger charge is -2.32. The van der Waals surface area contributed by atoms with E-state index >= 15 is 0 Å². The zero-order chi connectivity index (χ0) is 39.2. The first-order valence-electron chi connectivity index (χ1n) is 16.8. The summed E-state index contributed by atoms with van der Waals surface area (Å²) in [5.74, 6) is -3.39. The number of aliphatic hydroxyl groups is 1. The molecule has 0 aliphatic carbocycles. The summed E-state index contributed by atoms with van der Waals surface area (Å²) in [6, 6.07) is 6.73. The molecule has 4 atom stereocenters. The van der Waals surface area contributed by atoms with E-state index in [9.17, 15) is 33.9 Å². The predicted octanol–water partition coefficient (Wildman–Crippen LogP) is -2.33. The van der Waals surface area contributed by atoms with Crippen LogP contribution in [0.1, 0.15) is 31.0 Å². The van der Waals surface area contributed by atoms with Crippen molar-refractivity contribution in [3.63, 3.8) is 0 Å². The number of hydrogen-bond donors (Lipinski definition) is 7. The number of benzene rings is 2. The number of likely N-dealkylation sites (N-methyl/N-ethyl adjacent to an activating group) is 2. The Bertz CT molecular complexity index is 1710. The van der Waals surface area contributed by atoms with Gasteiger partial charge < -0.3 is 57.1 Å². The van der Waals surface area contributed by atoms with Gasteiger partial charge in [0.15, 0.2) is 0 Å². The fraction of sp³-hybridized carbons (Fsp3) is 0.457. The Morgan fingerprint density at radius 1 is 1.00 bits per heavy atom. The van der Waals surface area contributed by atoms with Crippen molar-refractivity contribution >= 4 is 35.4 Å². The third-order valence-corrected chi connectivity index (χ3v) is 8.21. The van der Waals surface area contributed by atoms with Crippen molar-refractivity contribution in [1.29, 1.82) is 5.26 Å². The molecule has 0 fully saturated rings. The second kappa shape index (κ2) is 19.7. The molecule has 0 spiro atoms. The van der Waals surface area contributed by atoms with Crippen LogP contribution in [0.2, 0.25) is 0 Å². The molecule has 286 valence electrons. The van der Waals surface area contributed by atoms with Gasteiger partial charge in [0.2, 0.25) is 35.4 Å². The maximum atomic E-state index is 14.1. The van der Waals surface area contributed by atoms with Crippen LogP contribution in [0.4, 0.5) is 0 Å². The number of aliphatic hydroxyl groups excluding tert-OH is 1. The fourth-order valence-corrected chi connectivity index (χ4v) is 5.57. The Kier molecular flexibility index (Phi) is 15.5. The summed E-state index contributed by atoms with van der Waals surface area (Å²) in [5.41, 5.74) is 13.3. The van der Waals surface area contributed by atoms with Gasteiger partial charge in [-0.05, 0) is 42.3 Å². The molecule has 0 saturated carbocycles. The average molecular weight is 738 g/mol. The van der Waals surface area contributed by atoms with E-state index in [4.69, 9.17) is 26.2 Å². The Morgan fingerprint density at radius 3 is 2.21 bits per heavy atom. The highest BCUT2D eigenvalue weighted by Crippen LogP contribution is 2.40. The molecule has 18 heteroatoms. The summed E-state index contributed by atoms with van der Waals surface area (Å²) in [6.45, 7) is 1.67. The first kappa shape index (κ1) is 41.6. The minimum atomic E-state index is -1.39. The van der Waals surface area contributed by atoms with Gasteiger partial charge in [-0.15, -0.1) is 0 Å². The van der Waals surface area contributed by atoms with E-state index in [1.165, 1.54) is 27.9 Å². The van der Waals surface area contributed by atoms with E-state index in [0.29, 0.717) is 33.8 Å². The SMILES string of the molecule is CC(=O)N[C@@H](CO)C(=O)N(C)CC(=O)N(C)[C@@H]1C(=O)N[C@@H](C)C(=O)N[C@H](C(=O)NCC#N)Cc2ccc(OCCN)c(c2)-c2cc1ccc2OCCN. The quantitative estimate of drug-likeness (QED) is 0.101. The van der Waals surface area contributed by atoms with Gasteiger partial charge in [-0.3, -0.25) is 28.8 Å². The highest BCUT2D eigenvalue weighted by atomic mass is 16.5. The molecule has 2 aromatic carbocycles. The van der Waals surface area contributed by atoms with Crippen LogP contribution in [0.5, 0.6) is 11.5 Å². The van der Waals surface area contributed by atoms with Gasteiger partial charge in [0, 0.05) is 51.7 Å². The van der Waals surface area contributed by atoms with Crippen LogP contribution < -0.4 is 42.2 Å². The number of nitrogens with two attached hydrogens (primary N) is 2. The number of ether oxygens (including phenoxy) is 2. The van der Waals surface area contributed by atoms with Crippen LogP contribution >= 0.6 is 0 Å². The Morgan fingerprint density at radius 2 is 1.62 bits per heavy atom. The molecule has 3 rings (SSSR count). The number of nitrogens with zero attached hydrogens (tertiary/aromatic N) is 3. The molecule has 18 nitrogen and oxygen atoms in total. The number of fused-ring (bicyclic) bond motifs is 5. The molecular formula is C35H47N9O9. The number of amides is 6. The average Bonchev–Trinajstić information content (AvgIpc) is 3.13. The van der Waals surface area contributed by atoms with Crippen molar-refractivity contribution < 1.29 is 43.3 Å². The summed E-state index contributed by atoms with van der Waals surface area (Å²) in [7, 11) is 2.65. The second-order valence-corrected chi connectivity index (χ2v) is 12.3. The summed E-state index contributed by atoms with van der Waals surface area (Å²) >= 11 is 0. The molecule has 0 aromatic heterocycles.